The van der Waals surface area contributed by atoms with Crippen LogP contribution in [0.15, 0.2) is 48.5 Å². The van der Waals surface area contributed by atoms with Gasteiger partial charge in [0, 0.05) is 16.8 Å². The Morgan fingerprint density at radius 1 is 0.960 bits per heavy atom. The highest BCUT2D eigenvalue weighted by Gasteiger charge is 2.15. The monoisotopic (exact) mass is 337 g/mol. The van der Waals surface area contributed by atoms with E-state index < -0.39 is 0 Å². The first kappa shape index (κ1) is 16.6. The zero-order chi connectivity index (χ0) is 17.8. The van der Waals surface area contributed by atoms with Crippen LogP contribution >= 0.6 is 0 Å². The van der Waals surface area contributed by atoms with Gasteiger partial charge >= 0.3 is 0 Å². The molecule has 0 aliphatic carbocycles. The van der Waals surface area contributed by atoms with Crippen LogP contribution in [0.1, 0.15) is 16.1 Å². The maximum absolute atomic E-state index is 12.5. The van der Waals surface area contributed by atoms with Gasteiger partial charge in [-0.25, -0.2) is 0 Å². The molecular formula is C20H19NO4. The molecule has 0 unspecified atom stereocenters. The van der Waals surface area contributed by atoms with Crippen molar-refractivity contribution in [3.8, 4) is 17.2 Å². The molecule has 0 aliphatic heterocycles. The van der Waals surface area contributed by atoms with Crippen molar-refractivity contribution in [1.82, 2.24) is 4.98 Å². The molecule has 2 aromatic carbocycles. The Hall–Kier alpha value is -3.21. The molecule has 0 aliphatic rings. The third-order valence-corrected chi connectivity index (χ3v) is 3.91. The summed E-state index contributed by atoms with van der Waals surface area (Å²) in [6, 6.07) is 13.2. The molecule has 0 saturated carbocycles. The standard InChI is InChI=1S/C20H19NO4/c1-23-18-11-14(12-19(24-2)20(18)25-3)17(22)9-8-15-10-13-6-4-5-7-16(13)21-15/h4-12,21H,1-3H3/b9-8+. The Bertz CT molecular complexity index is 882. The summed E-state index contributed by atoms with van der Waals surface area (Å²) in [5.74, 6) is 1.20. The fourth-order valence-electron chi connectivity index (χ4n) is 2.67. The van der Waals surface area contributed by atoms with Crippen LogP contribution in [0.25, 0.3) is 17.0 Å². The topological polar surface area (TPSA) is 60.6 Å². The molecule has 0 bridgehead atoms. The van der Waals surface area contributed by atoms with Gasteiger partial charge in [-0.1, -0.05) is 18.2 Å². The van der Waals surface area contributed by atoms with Crippen molar-refractivity contribution in [3.63, 3.8) is 0 Å². The maximum Gasteiger partial charge on any atom is 0.203 e. The smallest absolute Gasteiger partial charge is 0.203 e. The maximum atomic E-state index is 12.5. The normalized spacial score (nSPS) is 11.0. The number of carbonyl (C=O) groups excluding carboxylic acids is 1. The summed E-state index contributed by atoms with van der Waals surface area (Å²) in [4.78, 5) is 15.8. The van der Waals surface area contributed by atoms with E-state index in [2.05, 4.69) is 4.98 Å². The number of ketones is 1. The Labute approximate surface area is 145 Å². The van der Waals surface area contributed by atoms with Crippen LogP contribution in [0.5, 0.6) is 17.2 Å². The fraction of sp³-hybridized carbons (Fsp3) is 0.150. The number of carbonyl (C=O) groups is 1. The number of para-hydroxylation sites is 1. The lowest BCUT2D eigenvalue weighted by Gasteiger charge is -2.13. The van der Waals surface area contributed by atoms with Crippen molar-refractivity contribution >= 4 is 22.8 Å². The summed E-state index contributed by atoms with van der Waals surface area (Å²) in [6.45, 7) is 0. The van der Waals surface area contributed by atoms with E-state index in [1.807, 2.05) is 30.3 Å². The number of aromatic amines is 1. The second-order valence-electron chi connectivity index (χ2n) is 5.42. The average Bonchev–Trinajstić information content (AvgIpc) is 3.07. The van der Waals surface area contributed by atoms with Crippen molar-refractivity contribution in [1.29, 1.82) is 0 Å². The zero-order valence-electron chi connectivity index (χ0n) is 14.3. The van der Waals surface area contributed by atoms with Crippen LogP contribution in [0.4, 0.5) is 0 Å². The van der Waals surface area contributed by atoms with E-state index in [1.165, 1.54) is 27.4 Å². The van der Waals surface area contributed by atoms with Crippen LogP contribution in [0.2, 0.25) is 0 Å². The number of allylic oxidation sites excluding steroid dienone is 1. The second kappa shape index (κ2) is 7.13. The number of hydrogen-bond acceptors (Lipinski definition) is 4. The Balaban J connectivity index is 1.89. The highest BCUT2D eigenvalue weighted by molar-refractivity contribution is 6.07. The summed E-state index contributed by atoms with van der Waals surface area (Å²) in [5, 5.41) is 1.10. The van der Waals surface area contributed by atoms with Gasteiger partial charge in [0.1, 0.15) is 0 Å². The molecule has 0 radical (unpaired) electrons. The van der Waals surface area contributed by atoms with Crippen LogP contribution in [-0.2, 0) is 0 Å². The molecule has 0 spiro atoms. The SMILES string of the molecule is COc1cc(C(=O)/C=C/c2cc3ccccc3[nH]2)cc(OC)c1OC. The lowest BCUT2D eigenvalue weighted by atomic mass is 10.1. The largest absolute Gasteiger partial charge is 0.493 e. The van der Waals surface area contributed by atoms with E-state index in [4.69, 9.17) is 14.2 Å². The number of ether oxygens (including phenoxy) is 3. The summed E-state index contributed by atoms with van der Waals surface area (Å²) in [5.41, 5.74) is 2.35. The minimum absolute atomic E-state index is 0.155. The minimum atomic E-state index is -0.155. The van der Waals surface area contributed by atoms with Gasteiger partial charge in [0.2, 0.25) is 5.75 Å². The number of benzene rings is 2. The molecule has 5 heteroatoms. The van der Waals surface area contributed by atoms with E-state index >= 15 is 0 Å². The Morgan fingerprint density at radius 3 is 2.24 bits per heavy atom. The number of fused-ring (bicyclic) bond motifs is 1. The first-order valence-electron chi connectivity index (χ1n) is 7.76. The van der Waals surface area contributed by atoms with Gasteiger partial charge in [-0.15, -0.1) is 0 Å². The highest BCUT2D eigenvalue weighted by atomic mass is 16.5. The predicted molar refractivity (Wildman–Crippen MR) is 97.8 cm³/mol. The van der Waals surface area contributed by atoms with Crippen molar-refractivity contribution in [2.24, 2.45) is 0 Å². The number of aromatic nitrogens is 1. The molecular weight excluding hydrogens is 318 g/mol. The van der Waals surface area contributed by atoms with Gasteiger partial charge in [0.25, 0.3) is 0 Å². The molecule has 1 aromatic heterocycles. The van der Waals surface area contributed by atoms with Gasteiger partial charge in [-0.05, 0) is 41.8 Å². The highest BCUT2D eigenvalue weighted by Crippen LogP contribution is 2.38. The molecule has 3 aromatic rings. The molecule has 0 fully saturated rings. The van der Waals surface area contributed by atoms with Gasteiger partial charge in [0.15, 0.2) is 17.3 Å². The molecule has 3 rings (SSSR count). The van der Waals surface area contributed by atoms with Crippen LogP contribution in [0.3, 0.4) is 0 Å². The first-order valence-corrected chi connectivity index (χ1v) is 7.76. The fourth-order valence-corrected chi connectivity index (χ4v) is 2.67. The number of methoxy groups -OCH3 is 3. The van der Waals surface area contributed by atoms with Crippen molar-refractivity contribution in [2.75, 3.05) is 21.3 Å². The van der Waals surface area contributed by atoms with Gasteiger partial charge in [-0.3, -0.25) is 4.79 Å². The quantitative estimate of drug-likeness (QED) is 0.544. The summed E-state index contributed by atoms with van der Waals surface area (Å²) < 4.78 is 15.8. The number of nitrogens with one attached hydrogen (secondary N) is 1. The van der Waals surface area contributed by atoms with E-state index in [1.54, 1.807) is 18.2 Å². The van der Waals surface area contributed by atoms with Crippen molar-refractivity contribution in [3.05, 3.63) is 59.8 Å². The molecule has 1 N–H and O–H groups in total. The predicted octanol–water partition coefficient (Wildman–Crippen LogP) is 4.09. The van der Waals surface area contributed by atoms with E-state index in [9.17, 15) is 4.79 Å². The lowest BCUT2D eigenvalue weighted by Crippen LogP contribution is -2.00. The molecule has 0 saturated heterocycles. The molecule has 128 valence electrons. The van der Waals surface area contributed by atoms with Crippen LogP contribution < -0.4 is 14.2 Å². The number of H-pyrrole nitrogens is 1. The third-order valence-electron chi connectivity index (χ3n) is 3.91. The second-order valence-corrected chi connectivity index (χ2v) is 5.42. The average molecular weight is 337 g/mol. The van der Waals surface area contributed by atoms with E-state index in [0.29, 0.717) is 22.8 Å². The van der Waals surface area contributed by atoms with Gasteiger partial charge in [0.05, 0.1) is 21.3 Å². The zero-order valence-corrected chi connectivity index (χ0v) is 14.3. The molecule has 0 atom stereocenters. The number of rotatable bonds is 6. The molecule has 25 heavy (non-hydrogen) atoms. The summed E-state index contributed by atoms with van der Waals surface area (Å²) >= 11 is 0. The van der Waals surface area contributed by atoms with E-state index in [0.717, 1.165) is 16.6 Å². The van der Waals surface area contributed by atoms with Gasteiger partial charge in [-0.2, -0.15) is 0 Å². The molecule has 0 amide bonds. The molecule has 5 nitrogen and oxygen atoms in total. The summed E-state index contributed by atoms with van der Waals surface area (Å²) in [7, 11) is 4.56. The summed E-state index contributed by atoms with van der Waals surface area (Å²) in [6.07, 6.45) is 3.27. The Morgan fingerprint density at radius 2 is 1.64 bits per heavy atom. The third kappa shape index (κ3) is 3.35. The Kier molecular flexibility index (Phi) is 4.75. The van der Waals surface area contributed by atoms with Crippen molar-refractivity contribution in [2.45, 2.75) is 0 Å². The van der Waals surface area contributed by atoms with Crippen LogP contribution in [0, 0.1) is 0 Å². The van der Waals surface area contributed by atoms with Crippen LogP contribution in [-0.4, -0.2) is 32.1 Å². The van der Waals surface area contributed by atoms with Crippen molar-refractivity contribution < 1.29 is 19.0 Å². The lowest BCUT2D eigenvalue weighted by molar-refractivity contribution is 0.104. The van der Waals surface area contributed by atoms with E-state index in [-0.39, 0.29) is 5.78 Å². The van der Waals surface area contributed by atoms with Gasteiger partial charge < -0.3 is 19.2 Å². The minimum Gasteiger partial charge on any atom is -0.493 e. The number of hydrogen-bond donors (Lipinski definition) is 1. The molecule has 1 heterocycles. The first-order chi connectivity index (χ1) is 12.2.